The van der Waals surface area contributed by atoms with Crippen molar-refractivity contribution in [3.8, 4) is 0 Å². The Morgan fingerprint density at radius 2 is 1.86 bits per heavy atom. The molecule has 3 rings (SSSR count). The van der Waals surface area contributed by atoms with Gasteiger partial charge >= 0.3 is 18.2 Å². The lowest BCUT2D eigenvalue weighted by molar-refractivity contribution is 0.0618. The molecule has 2 heterocycles. The van der Waals surface area contributed by atoms with Gasteiger partial charge < -0.3 is 19.5 Å². The number of carbonyl (C=O) groups is 3. The van der Waals surface area contributed by atoms with Crippen molar-refractivity contribution in [1.29, 1.82) is 0 Å². The molecule has 9 heteroatoms. The minimum absolute atomic E-state index is 0.0168. The second-order valence-corrected chi connectivity index (χ2v) is 6.15. The number of aromatic nitrogens is 1. The van der Waals surface area contributed by atoms with Crippen molar-refractivity contribution in [2.45, 2.75) is 13.0 Å². The van der Waals surface area contributed by atoms with Gasteiger partial charge in [0.15, 0.2) is 0 Å². The number of hydrogen-bond donors (Lipinski definition) is 2. The van der Waals surface area contributed by atoms with Gasteiger partial charge in [-0.2, -0.15) is 0 Å². The van der Waals surface area contributed by atoms with E-state index in [9.17, 15) is 19.5 Å². The number of amides is 2. The number of alkyl carbamates (subject to hydrolysis) is 1. The first kappa shape index (κ1) is 19.9. The van der Waals surface area contributed by atoms with E-state index in [4.69, 9.17) is 4.74 Å². The molecule has 0 saturated heterocycles. The molecule has 2 amide bonds. The summed E-state index contributed by atoms with van der Waals surface area (Å²) in [5.74, 6) is -1.12. The lowest BCUT2D eigenvalue weighted by Gasteiger charge is -2.27. The maximum absolute atomic E-state index is 12.2. The van der Waals surface area contributed by atoms with Crippen LogP contribution in [-0.2, 0) is 16.1 Å². The molecule has 0 bridgehead atoms. The van der Waals surface area contributed by atoms with Crippen LogP contribution in [0.25, 0.3) is 0 Å². The summed E-state index contributed by atoms with van der Waals surface area (Å²) in [7, 11) is 0. The quantitative estimate of drug-likeness (QED) is 0.601. The van der Waals surface area contributed by atoms with Gasteiger partial charge in [0.2, 0.25) is 0 Å². The standard InChI is InChI=1S/C20H19N3O6/c24-17-12-23(20(27)28-13-14-6-2-1-3-7-14)11-9-15(17)22-19(26)29-18(25)16-8-4-5-10-21-16/h1-8,10,24H,9,11-13H2,(H,22,26). The SMILES string of the molecule is O=C(NC1=C(O)CN(C(=O)OCc2ccccc2)CC1)OC(=O)c1ccccn1. The fourth-order valence-electron chi connectivity index (χ4n) is 2.62. The molecule has 1 aliphatic rings. The van der Waals surface area contributed by atoms with Crippen LogP contribution in [0.2, 0.25) is 0 Å². The third kappa shape index (κ3) is 5.55. The summed E-state index contributed by atoms with van der Waals surface area (Å²) in [6.45, 7) is 0.215. The molecule has 2 aromatic rings. The molecule has 0 spiro atoms. The normalized spacial score (nSPS) is 13.6. The maximum atomic E-state index is 12.2. The molecule has 0 saturated carbocycles. The first-order valence-corrected chi connectivity index (χ1v) is 8.83. The summed E-state index contributed by atoms with van der Waals surface area (Å²) in [5.41, 5.74) is 1.01. The minimum Gasteiger partial charge on any atom is -0.509 e. The van der Waals surface area contributed by atoms with Gasteiger partial charge in [-0.15, -0.1) is 0 Å². The Morgan fingerprint density at radius 1 is 1.10 bits per heavy atom. The number of esters is 1. The van der Waals surface area contributed by atoms with Crippen molar-refractivity contribution >= 4 is 18.2 Å². The largest absolute Gasteiger partial charge is 0.509 e. The number of nitrogens with zero attached hydrogens (tertiary/aromatic N) is 2. The van der Waals surface area contributed by atoms with E-state index in [0.29, 0.717) is 0 Å². The molecular formula is C20H19N3O6. The van der Waals surface area contributed by atoms with Crippen molar-refractivity contribution in [3.63, 3.8) is 0 Å². The van der Waals surface area contributed by atoms with Crippen molar-refractivity contribution in [1.82, 2.24) is 15.2 Å². The van der Waals surface area contributed by atoms with E-state index < -0.39 is 18.2 Å². The monoisotopic (exact) mass is 397 g/mol. The highest BCUT2D eigenvalue weighted by atomic mass is 16.6. The highest BCUT2D eigenvalue weighted by Gasteiger charge is 2.25. The number of ether oxygens (including phenoxy) is 2. The van der Waals surface area contributed by atoms with Crippen LogP contribution in [-0.4, -0.2) is 46.2 Å². The molecule has 1 aliphatic heterocycles. The van der Waals surface area contributed by atoms with Crippen LogP contribution in [0.15, 0.2) is 66.2 Å². The molecule has 1 aromatic heterocycles. The Bertz CT molecular complexity index is 914. The topological polar surface area (TPSA) is 118 Å². The lowest BCUT2D eigenvalue weighted by Crippen LogP contribution is -2.40. The average Bonchev–Trinajstić information content (AvgIpc) is 2.74. The summed E-state index contributed by atoms with van der Waals surface area (Å²) in [4.78, 5) is 41.0. The van der Waals surface area contributed by atoms with E-state index in [1.54, 1.807) is 12.1 Å². The number of nitrogens with one attached hydrogen (secondary N) is 1. The smallest absolute Gasteiger partial charge is 0.419 e. The van der Waals surface area contributed by atoms with Crippen molar-refractivity contribution in [3.05, 3.63) is 77.4 Å². The number of aliphatic hydroxyl groups is 1. The van der Waals surface area contributed by atoms with Crippen molar-refractivity contribution in [2.75, 3.05) is 13.1 Å². The average molecular weight is 397 g/mol. The summed E-state index contributed by atoms with van der Waals surface area (Å²) >= 11 is 0. The summed E-state index contributed by atoms with van der Waals surface area (Å²) in [5, 5.41) is 12.5. The van der Waals surface area contributed by atoms with Crippen LogP contribution in [0, 0.1) is 0 Å². The van der Waals surface area contributed by atoms with Gasteiger partial charge in [-0.25, -0.2) is 19.4 Å². The van der Waals surface area contributed by atoms with Crippen LogP contribution in [0.1, 0.15) is 22.5 Å². The fourth-order valence-corrected chi connectivity index (χ4v) is 2.62. The number of aliphatic hydroxyl groups excluding tert-OH is 1. The Labute approximate surface area is 166 Å². The molecule has 9 nitrogen and oxygen atoms in total. The molecule has 29 heavy (non-hydrogen) atoms. The number of carbonyl (C=O) groups excluding carboxylic acids is 3. The van der Waals surface area contributed by atoms with Crippen LogP contribution in [0.5, 0.6) is 0 Å². The van der Waals surface area contributed by atoms with E-state index >= 15 is 0 Å². The highest BCUT2D eigenvalue weighted by molar-refractivity contribution is 5.95. The zero-order valence-electron chi connectivity index (χ0n) is 15.4. The van der Waals surface area contributed by atoms with Crippen LogP contribution in [0.4, 0.5) is 9.59 Å². The first-order valence-electron chi connectivity index (χ1n) is 8.83. The Hall–Kier alpha value is -3.88. The van der Waals surface area contributed by atoms with Crippen LogP contribution in [0.3, 0.4) is 0 Å². The first-order chi connectivity index (χ1) is 14.0. The molecule has 0 aliphatic carbocycles. The Morgan fingerprint density at radius 3 is 2.55 bits per heavy atom. The van der Waals surface area contributed by atoms with E-state index in [0.717, 1.165) is 5.56 Å². The summed E-state index contributed by atoms with van der Waals surface area (Å²) in [6, 6.07) is 13.8. The fraction of sp³-hybridized carbons (Fsp3) is 0.200. The van der Waals surface area contributed by atoms with Crippen LogP contribution >= 0.6 is 0 Å². The lowest BCUT2D eigenvalue weighted by atomic mass is 10.2. The van der Waals surface area contributed by atoms with Gasteiger partial charge in [0.05, 0.1) is 12.2 Å². The van der Waals surface area contributed by atoms with Crippen LogP contribution < -0.4 is 5.32 Å². The second kappa shape index (κ2) is 9.36. The zero-order chi connectivity index (χ0) is 20.6. The van der Waals surface area contributed by atoms with Gasteiger partial charge in [0.25, 0.3) is 0 Å². The third-order valence-electron chi connectivity index (χ3n) is 4.10. The van der Waals surface area contributed by atoms with E-state index in [2.05, 4.69) is 15.0 Å². The maximum Gasteiger partial charge on any atom is 0.419 e. The van der Waals surface area contributed by atoms with Gasteiger partial charge in [0, 0.05) is 19.2 Å². The van der Waals surface area contributed by atoms with Gasteiger partial charge in [-0.1, -0.05) is 36.4 Å². The molecule has 1 aromatic carbocycles. The second-order valence-electron chi connectivity index (χ2n) is 6.15. The van der Waals surface area contributed by atoms with Gasteiger partial charge in [-0.3, -0.25) is 5.32 Å². The number of rotatable bonds is 4. The Kier molecular flexibility index (Phi) is 6.41. The van der Waals surface area contributed by atoms with E-state index in [-0.39, 0.29) is 43.3 Å². The predicted octanol–water partition coefficient (Wildman–Crippen LogP) is 2.76. The predicted molar refractivity (Wildman–Crippen MR) is 101 cm³/mol. The van der Waals surface area contributed by atoms with Gasteiger partial charge in [0.1, 0.15) is 18.1 Å². The van der Waals surface area contributed by atoms with E-state index in [1.165, 1.54) is 17.2 Å². The zero-order valence-corrected chi connectivity index (χ0v) is 15.4. The molecule has 0 atom stereocenters. The molecule has 0 fully saturated rings. The van der Waals surface area contributed by atoms with Crippen molar-refractivity contribution < 1.29 is 29.0 Å². The Balaban J connectivity index is 1.50. The molecular weight excluding hydrogens is 378 g/mol. The molecule has 2 N–H and O–H groups in total. The highest BCUT2D eigenvalue weighted by Crippen LogP contribution is 2.16. The molecule has 150 valence electrons. The van der Waals surface area contributed by atoms with Gasteiger partial charge in [-0.05, 0) is 17.7 Å². The van der Waals surface area contributed by atoms with E-state index in [1.807, 2.05) is 30.3 Å². The third-order valence-corrected chi connectivity index (χ3v) is 4.10. The minimum atomic E-state index is -1.04. The number of pyridine rings is 1. The number of hydrogen-bond acceptors (Lipinski definition) is 7. The molecule has 0 radical (unpaired) electrons. The number of benzene rings is 1. The molecule has 0 unspecified atom stereocenters. The van der Waals surface area contributed by atoms with Crippen molar-refractivity contribution in [2.24, 2.45) is 0 Å². The summed E-state index contributed by atoms with van der Waals surface area (Å²) < 4.78 is 9.87. The summed E-state index contributed by atoms with van der Waals surface area (Å²) in [6.07, 6.45) is -0.0520.